The number of rotatable bonds is 6. The number of hydrogen-bond donors (Lipinski definition) is 1. The van der Waals surface area contributed by atoms with Crippen molar-refractivity contribution in [2.75, 3.05) is 7.11 Å². The molecule has 1 N–H and O–H groups in total. The van der Waals surface area contributed by atoms with Gasteiger partial charge in [-0.05, 0) is 56.6 Å². The van der Waals surface area contributed by atoms with E-state index >= 15 is 0 Å². The standard InChI is InChI=1S/C24H36N2O4/c1-4-20-17(2)15-19(22(28)26(20)16-18-11-7-5-8-12-18)21(27)25-24(23(29)30-3)13-9-6-10-14-24/h15,18H,4-14,16H2,1-3H3,(H,25,27). The number of amides is 1. The van der Waals surface area contributed by atoms with Gasteiger partial charge in [-0.25, -0.2) is 4.79 Å². The number of ether oxygens (including phenoxy) is 1. The first-order chi connectivity index (χ1) is 14.4. The van der Waals surface area contributed by atoms with E-state index in [4.69, 9.17) is 4.74 Å². The normalized spacial score (nSPS) is 19.3. The van der Waals surface area contributed by atoms with Crippen LogP contribution in [0.25, 0.3) is 0 Å². The summed E-state index contributed by atoms with van der Waals surface area (Å²) in [6, 6.07) is 1.70. The van der Waals surface area contributed by atoms with Gasteiger partial charge in [0.1, 0.15) is 11.1 Å². The lowest BCUT2D eigenvalue weighted by molar-refractivity contribution is -0.149. The van der Waals surface area contributed by atoms with Crippen molar-refractivity contribution in [1.82, 2.24) is 9.88 Å². The van der Waals surface area contributed by atoms with E-state index in [1.54, 1.807) is 6.07 Å². The molecule has 166 valence electrons. The summed E-state index contributed by atoms with van der Waals surface area (Å²) in [7, 11) is 1.35. The molecule has 1 amide bonds. The second-order valence-electron chi connectivity index (χ2n) is 9.05. The highest BCUT2D eigenvalue weighted by Gasteiger charge is 2.42. The molecule has 0 bridgehead atoms. The second-order valence-corrected chi connectivity index (χ2v) is 9.05. The Morgan fingerprint density at radius 2 is 1.77 bits per heavy atom. The Balaban J connectivity index is 1.93. The SMILES string of the molecule is CCc1c(C)cc(C(=O)NC2(C(=O)OC)CCCCC2)c(=O)n1CC1CCCCC1. The van der Waals surface area contributed by atoms with Crippen LogP contribution in [-0.4, -0.2) is 29.1 Å². The maximum Gasteiger partial charge on any atom is 0.331 e. The fourth-order valence-corrected chi connectivity index (χ4v) is 5.31. The van der Waals surface area contributed by atoms with E-state index < -0.39 is 17.4 Å². The minimum absolute atomic E-state index is 0.134. The molecular formula is C24H36N2O4. The third kappa shape index (κ3) is 4.62. The van der Waals surface area contributed by atoms with Crippen molar-refractivity contribution in [2.24, 2.45) is 5.92 Å². The molecule has 0 atom stereocenters. The zero-order valence-electron chi connectivity index (χ0n) is 18.7. The summed E-state index contributed by atoms with van der Waals surface area (Å²) in [5.74, 6) is -0.394. The van der Waals surface area contributed by atoms with Crippen molar-refractivity contribution in [3.8, 4) is 0 Å². The van der Waals surface area contributed by atoms with Crippen LogP contribution in [0.3, 0.4) is 0 Å². The molecule has 2 aliphatic rings. The van der Waals surface area contributed by atoms with Crippen molar-refractivity contribution in [3.63, 3.8) is 0 Å². The van der Waals surface area contributed by atoms with Gasteiger partial charge in [0.2, 0.25) is 0 Å². The van der Waals surface area contributed by atoms with E-state index in [1.165, 1.54) is 26.4 Å². The molecule has 3 rings (SSSR count). The zero-order valence-corrected chi connectivity index (χ0v) is 18.7. The average molecular weight is 417 g/mol. The molecule has 30 heavy (non-hydrogen) atoms. The number of carbonyl (C=O) groups excluding carboxylic acids is 2. The molecule has 2 aliphatic carbocycles. The van der Waals surface area contributed by atoms with Gasteiger partial charge in [0, 0.05) is 12.2 Å². The van der Waals surface area contributed by atoms with Gasteiger partial charge >= 0.3 is 5.97 Å². The van der Waals surface area contributed by atoms with E-state index in [0.717, 1.165) is 49.8 Å². The van der Waals surface area contributed by atoms with Crippen LogP contribution in [0.4, 0.5) is 0 Å². The third-order valence-corrected chi connectivity index (χ3v) is 7.00. The second kappa shape index (κ2) is 9.80. The lowest BCUT2D eigenvalue weighted by Gasteiger charge is -2.35. The summed E-state index contributed by atoms with van der Waals surface area (Å²) < 4.78 is 6.83. The highest BCUT2D eigenvalue weighted by Crippen LogP contribution is 2.30. The largest absolute Gasteiger partial charge is 0.467 e. The predicted molar refractivity (Wildman–Crippen MR) is 117 cm³/mol. The molecule has 2 saturated carbocycles. The lowest BCUT2D eigenvalue weighted by Crippen LogP contribution is -2.57. The summed E-state index contributed by atoms with van der Waals surface area (Å²) in [4.78, 5) is 39.1. The molecule has 0 spiro atoms. The van der Waals surface area contributed by atoms with E-state index in [9.17, 15) is 14.4 Å². The van der Waals surface area contributed by atoms with Gasteiger partial charge in [-0.15, -0.1) is 0 Å². The zero-order chi connectivity index (χ0) is 21.7. The fourth-order valence-electron chi connectivity index (χ4n) is 5.31. The summed E-state index contributed by atoms with van der Waals surface area (Å²) in [6.45, 7) is 4.68. The molecule has 0 radical (unpaired) electrons. The fraction of sp³-hybridized carbons (Fsp3) is 0.708. The maximum absolute atomic E-state index is 13.4. The lowest BCUT2D eigenvalue weighted by atomic mass is 9.81. The molecule has 1 aromatic heterocycles. The van der Waals surface area contributed by atoms with Crippen molar-refractivity contribution in [3.05, 3.63) is 33.2 Å². The van der Waals surface area contributed by atoms with Gasteiger partial charge in [0.25, 0.3) is 11.5 Å². The van der Waals surface area contributed by atoms with Crippen molar-refractivity contribution >= 4 is 11.9 Å². The number of aromatic nitrogens is 1. The summed E-state index contributed by atoms with van der Waals surface area (Å²) in [5.41, 5.74) is 0.823. The predicted octanol–water partition coefficient (Wildman–Crippen LogP) is 3.91. The molecule has 2 fully saturated rings. The first kappa shape index (κ1) is 22.6. The first-order valence-electron chi connectivity index (χ1n) is 11.6. The number of nitrogens with one attached hydrogen (secondary N) is 1. The third-order valence-electron chi connectivity index (χ3n) is 7.00. The van der Waals surface area contributed by atoms with Crippen LogP contribution in [-0.2, 0) is 22.5 Å². The summed E-state index contributed by atoms with van der Waals surface area (Å²) in [5, 5.41) is 2.91. The van der Waals surface area contributed by atoms with Crippen LogP contribution < -0.4 is 10.9 Å². The maximum atomic E-state index is 13.4. The average Bonchev–Trinajstić information content (AvgIpc) is 2.76. The molecule has 0 unspecified atom stereocenters. The molecule has 6 heteroatoms. The van der Waals surface area contributed by atoms with Gasteiger partial charge in [-0.1, -0.05) is 45.4 Å². The highest BCUT2D eigenvalue weighted by molar-refractivity contribution is 5.98. The Labute approximate surface area is 179 Å². The molecule has 0 aliphatic heterocycles. The number of nitrogens with zero attached hydrogens (tertiary/aromatic N) is 1. The van der Waals surface area contributed by atoms with Crippen LogP contribution >= 0.6 is 0 Å². The number of hydrogen-bond acceptors (Lipinski definition) is 4. The van der Waals surface area contributed by atoms with Gasteiger partial charge in [0.15, 0.2) is 0 Å². The summed E-state index contributed by atoms with van der Waals surface area (Å²) in [6.07, 6.45) is 10.6. The molecule has 0 aromatic carbocycles. The van der Waals surface area contributed by atoms with E-state index in [2.05, 4.69) is 5.32 Å². The monoisotopic (exact) mass is 416 g/mol. The van der Waals surface area contributed by atoms with E-state index in [0.29, 0.717) is 25.3 Å². The van der Waals surface area contributed by atoms with Gasteiger partial charge in [0.05, 0.1) is 7.11 Å². The Morgan fingerprint density at radius 1 is 1.13 bits per heavy atom. The van der Waals surface area contributed by atoms with Crippen LogP contribution in [0.1, 0.15) is 92.7 Å². The van der Waals surface area contributed by atoms with Crippen LogP contribution in [0.2, 0.25) is 0 Å². The van der Waals surface area contributed by atoms with Gasteiger partial charge in [-0.2, -0.15) is 0 Å². The molecule has 1 aromatic rings. The quantitative estimate of drug-likeness (QED) is 0.714. The number of methoxy groups -OCH3 is 1. The molecule has 6 nitrogen and oxygen atoms in total. The summed E-state index contributed by atoms with van der Waals surface area (Å²) >= 11 is 0. The minimum atomic E-state index is -1.03. The Morgan fingerprint density at radius 3 is 2.37 bits per heavy atom. The number of pyridine rings is 1. The van der Waals surface area contributed by atoms with E-state index in [-0.39, 0.29) is 11.1 Å². The number of esters is 1. The molecule has 0 saturated heterocycles. The minimum Gasteiger partial charge on any atom is -0.467 e. The first-order valence-corrected chi connectivity index (χ1v) is 11.6. The Hall–Kier alpha value is -2.11. The van der Waals surface area contributed by atoms with Crippen LogP contribution in [0.15, 0.2) is 10.9 Å². The number of aryl methyl sites for hydroxylation is 1. The van der Waals surface area contributed by atoms with Crippen molar-refractivity contribution in [2.45, 2.75) is 96.6 Å². The van der Waals surface area contributed by atoms with Gasteiger partial charge in [-0.3, -0.25) is 9.59 Å². The van der Waals surface area contributed by atoms with Gasteiger partial charge < -0.3 is 14.6 Å². The topological polar surface area (TPSA) is 77.4 Å². The van der Waals surface area contributed by atoms with Crippen molar-refractivity contribution in [1.29, 1.82) is 0 Å². The Kier molecular flexibility index (Phi) is 7.37. The highest BCUT2D eigenvalue weighted by atomic mass is 16.5. The molecular weight excluding hydrogens is 380 g/mol. The van der Waals surface area contributed by atoms with E-state index in [1.807, 2.05) is 18.4 Å². The molecule has 1 heterocycles. The van der Waals surface area contributed by atoms with Crippen LogP contribution in [0, 0.1) is 12.8 Å². The van der Waals surface area contributed by atoms with Crippen molar-refractivity contribution < 1.29 is 14.3 Å². The number of carbonyl (C=O) groups is 2. The Bertz CT molecular complexity index is 830. The smallest absolute Gasteiger partial charge is 0.331 e. The van der Waals surface area contributed by atoms with Crippen LogP contribution in [0.5, 0.6) is 0 Å².